The van der Waals surface area contributed by atoms with Crippen molar-refractivity contribution in [3.63, 3.8) is 0 Å². The van der Waals surface area contributed by atoms with Gasteiger partial charge in [-0.05, 0) is 37.0 Å². The second-order valence-corrected chi connectivity index (χ2v) is 4.85. The summed E-state index contributed by atoms with van der Waals surface area (Å²) in [5.41, 5.74) is 0.819. The first-order valence-electron chi connectivity index (χ1n) is 5.77. The Labute approximate surface area is 101 Å². The van der Waals surface area contributed by atoms with E-state index in [1.807, 2.05) is 12.1 Å². The van der Waals surface area contributed by atoms with Gasteiger partial charge in [-0.1, -0.05) is 30.5 Å². The summed E-state index contributed by atoms with van der Waals surface area (Å²) in [6.07, 6.45) is 3.32. The molecule has 0 amide bonds. The summed E-state index contributed by atoms with van der Waals surface area (Å²) >= 11 is 6.07. The average molecular weight is 241 g/mol. The lowest BCUT2D eigenvalue weighted by Gasteiger charge is -2.10. The second-order valence-electron chi connectivity index (χ2n) is 4.45. The zero-order valence-corrected chi connectivity index (χ0v) is 10.2. The van der Waals surface area contributed by atoms with E-state index >= 15 is 0 Å². The molecule has 0 bridgehead atoms. The Balaban J connectivity index is 1.92. The first kappa shape index (κ1) is 11.7. The van der Waals surface area contributed by atoms with E-state index in [1.165, 1.54) is 12.8 Å². The summed E-state index contributed by atoms with van der Waals surface area (Å²) in [6, 6.07) is 5.44. The van der Waals surface area contributed by atoms with E-state index in [2.05, 4.69) is 0 Å². The zero-order chi connectivity index (χ0) is 11.5. The number of hydrogen-bond donors (Lipinski definition) is 1. The fourth-order valence-electron chi connectivity index (χ4n) is 1.64. The molecule has 1 aromatic carbocycles. The third-order valence-corrected chi connectivity index (χ3v) is 3.21. The van der Waals surface area contributed by atoms with Gasteiger partial charge in [0.05, 0.1) is 17.7 Å². The first-order valence-corrected chi connectivity index (χ1v) is 6.15. The predicted octanol–water partition coefficient (Wildman–Crippen LogP) is 3.57. The molecule has 1 fully saturated rings. The molecule has 2 rings (SSSR count). The van der Waals surface area contributed by atoms with Gasteiger partial charge in [-0.3, -0.25) is 0 Å². The lowest BCUT2D eigenvalue weighted by molar-refractivity contribution is 0.199. The molecule has 1 N–H and O–H groups in total. The third kappa shape index (κ3) is 3.13. The molecule has 1 aliphatic carbocycles. The van der Waals surface area contributed by atoms with Crippen LogP contribution in [0.1, 0.15) is 37.9 Å². The molecule has 0 saturated heterocycles. The van der Waals surface area contributed by atoms with Crippen molar-refractivity contribution in [3.05, 3.63) is 28.8 Å². The molecule has 1 aromatic rings. The second kappa shape index (κ2) is 5.07. The normalized spacial score (nSPS) is 17.2. The summed E-state index contributed by atoms with van der Waals surface area (Å²) in [5.74, 6) is 1.59. The number of rotatable bonds is 5. The molecule has 2 nitrogen and oxygen atoms in total. The number of ether oxygens (including phenoxy) is 1. The summed E-state index contributed by atoms with van der Waals surface area (Å²) in [4.78, 5) is 0. The van der Waals surface area contributed by atoms with E-state index in [0.717, 1.165) is 24.5 Å². The lowest BCUT2D eigenvalue weighted by atomic mass is 10.1. The van der Waals surface area contributed by atoms with Crippen molar-refractivity contribution in [2.45, 2.75) is 32.3 Å². The minimum atomic E-state index is -0.488. The monoisotopic (exact) mass is 240 g/mol. The smallest absolute Gasteiger partial charge is 0.137 e. The number of hydrogen-bond acceptors (Lipinski definition) is 2. The molecule has 16 heavy (non-hydrogen) atoms. The van der Waals surface area contributed by atoms with Gasteiger partial charge in [0.25, 0.3) is 0 Å². The van der Waals surface area contributed by atoms with Gasteiger partial charge in [-0.2, -0.15) is 0 Å². The van der Waals surface area contributed by atoms with Crippen molar-refractivity contribution >= 4 is 11.6 Å². The summed E-state index contributed by atoms with van der Waals surface area (Å²) in [6.45, 7) is 2.46. The van der Waals surface area contributed by atoms with Gasteiger partial charge in [-0.25, -0.2) is 0 Å². The number of halogens is 1. The van der Waals surface area contributed by atoms with Crippen LogP contribution < -0.4 is 4.74 Å². The summed E-state index contributed by atoms with van der Waals surface area (Å²) in [5, 5.41) is 9.97. The van der Waals surface area contributed by atoms with Crippen LogP contribution in [0.4, 0.5) is 0 Å². The zero-order valence-electron chi connectivity index (χ0n) is 9.45. The highest BCUT2D eigenvalue weighted by Gasteiger charge is 2.20. The maximum absolute atomic E-state index is 9.40. The molecule has 0 unspecified atom stereocenters. The molecule has 88 valence electrons. The van der Waals surface area contributed by atoms with E-state index < -0.39 is 6.10 Å². The Morgan fingerprint density at radius 2 is 2.25 bits per heavy atom. The lowest BCUT2D eigenvalue weighted by Crippen LogP contribution is -1.99. The van der Waals surface area contributed by atoms with E-state index in [4.69, 9.17) is 16.3 Å². The third-order valence-electron chi connectivity index (χ3n) is 2.92. The fraction of sp³-hybridized carbons (Fsp3) is 0.538. The first-order chi connectivity index (χ1) is 7.66. The Bertz CT molecular complexity index is 359. The highest BCUT2D eigenvalue weighted by Crippen LogP contribution is 2.33. The van der Waals surface area contributed by atoms with E-state index in [0.29, 0.717) is 10.8 Å². The molecular formula is C13H17ClO2. The number of aliphatic hydroxyl groups excluding tert-OH is 1. The van der Waals surface area contributed by atoms with Crippen molar-refractivity contribution in [1.29, 1.82) is 0 Å². The molecule has 0 heterocycles. The minimum absolute atomic E-state index is 0.488. The Morgan fingerprint density at radius 1 is 1.50 bits per heavy atom. The van der Waals surface area contributed by atoms with Gasteiger partial charge in [0.15, 0.2) is 0 Å². The van der Waals surface area contributed by atoms with Crippen LogP contribution in [-0.4, -0.2) is 11.7 Å². The minimum Gasteiger partial charge on any atom is -0.492 e. The van der Waals surface area contributed by atoms with Crippen LogP contribution in [0.15, 0.2) is 18.2 Å². The van der Waals surface area contributed by atoms with Crippen LogP contribution in [0.3, 0.4) is 0 Å². The van der Waals surface area contributed by atoms with Gasteiger partial charge >= 0.3 is 0 Å². The Kier molecular flexibility index (Phi) is 3.72. The molecule has 0 radical (unpaired) electrons. The number of aliphatic hydroxyl groups is 1. The van der Waals surface area contributed by atoms with Crippen molar-refractivity contribution in [2.24, 2.45) is 5.92 Å². The van der Waals surface area contributed by atoms with Gasteiger partial charge in [0.1, 0.15) is 5.75 Å². The van der Waals surface area contributed by atoms with Gasteiger partial charge in [0, 0.05) is 0 Å². The summed E-state index contributed by atoms with van der Waals surface area (Å²) in [7, 11) is 0. The van der Waals surface area contributed by atoms with Crippen molar-refractivity contribution in [1.82, 2.24) is 0 Å². The predicted molar refractivity (Wildman–Crippen MR) is 64.9 cm³/mol. The largest absolute Gasteiger partial charge is 0.492 e. The van der Waals surface area contributed by atoms with Crippen LogP contribution in [0.5, 0.6) is 5.75 Å². The topological polar surface area (TPSA) is 29.5 Å². The molecular weight excluding hydrogens is 224 g/mol. The molecule has 0 spiro atoms. The molecule has 1 aliphatic rings. The van der Waals surface area contributed by atoms with E-state index in [-0.39, 0.29) is 0 Å². The molecule has 3 heteroatoms. The van der Waals surface area contributed by atoms with Gasteiger partial charge < -0.3 is 9.84 Å². The SMILES string of the molecule is C[C@H](O)c1ccc(OCCC2CC2)c(Cl)c1. The van der Waals surface area contributed by atoms with Gasteiger partial charge in [-0.15, -0.1) is 0 Å². The van der Waals surface area contributed by atoms with E-state index in [1.54, 1.807) is 13.0 Å². The van der Waals surface area contributed by atoms with Crippen LogP contribution in [0.2, 0.25) is 5.02 Å². The van der Waals surface area contributed by atoms with Crippen LogP contribution in [0.25, 0.3) is 0 Å². The standard InChI is InChI=1S/C13H17ClO2/c1-9(15)11-4-5-13(12(14)8-11)16-7-6-10-2-3-10/h4-5,8-10,15H,2-3,6-7H2,1H3/t9-/m0/s1. The Morgan fingerprint density at radius 3 is 2.81 bits per heavy atom. The van der Waals surface area contributed by atoms with E-state index in [9.17, 15) is 5.11 Å². The maximum atomic E-state index is 9.40. The van der Waals surface area contributed by atoms with Crippen LogP contribution >= 0.6 is 11.6 Å². The van der Waals surface area contributed by atoms with Crippen molar-refractivity contribution in [3.8, 4) is 5.75 Å². The molecule has 1 saturated carbocycles. The quantitative estimate of drug-likeness (QED) is 0.853. The highest BCUT2D eigenvalue weighted by atomic mass is 35.5. The highest BCUT2D eigenvalue weighted by molar-refractivity contribution is 6.32. The van der Waals surface area contributed by atoms with Crippen molar-refractivity contribution in [2.75, 3.05) is 6.61 Å². The van der Waals surface area contributed by atoms with Gasteiger partial charge in [0.2, 0.25) is 0 Å². The fourth-order valence-corrected chi connectivity index (χ4v) is 1.88. The molecule has 0 aromatic heterocycles. The Hall–Kier alpha value is -0.730. The summed E-state index contributed by atoms with van der Waals surface area (Å²) < 4.78 is 5.61. The maximum Gasteiger partial charge on any atom is 0.137 e. The average Bonchev–Trinajstić information content (AvgIpc) is 3.04. The van der Waals surface area contributed by atoms with Crippen molar-refractivity contribution < 1.29 is 9.84 Å². The molecule has 0 aliphatic heterocycles. The molecule has 1 atom stereocenters. The van der Waals surface area contributed by atoms with Crippen LogP contribution in [0, 0.1) is 5.92 Å². The van der Waals surface area contributed by atoms with Crippen LogP contribution in [-0.2, 0) is 0 Å². The number of benzene rings is 1.